The van der Waals surface area contributed by atoms with Crippen LogP contribution in [-0.2, 0) is 4.74 Å². The molecule has 2 nitrogen and oxygen atoms in total. The standard InChI is InChI=1S/C14H27NOS2/c1-4-6-15-14(12-5-7-16-8-12)13-9-17-10(2)11(3)18-13/h10-15H,4-9H2,1-3H3. The van der Waals surface area contributed by atoms with Crippen LogP contribution in [0.2, 0.25) is 0 Å². The zero-order valence-electron chi connectivity index (χ0n) is 11.9. The molecule has 106 valence electrons. The summed E-state index contributed by atoms with van der Waals surface area (Å²) in [6.07, 6.45) is 2.47. The summed E-state index contributed by atoms with van der Waals surface area (Å²) < 4.78 is 5.60. The SMILES string of the molecule is CCCNC(C1CCOC1)C1CSC(C)C(C)S1. The first-order valence-corrected chi connectivity index (χ1v) is 9.29. The zero-order valence-corrected chi connectivity index (χ0v) is 13.5. The Balaban J connectivity index is 1.94. The summed E-state index contributed by atoms with van der Waals surface area (Å²) in [5.74, 6) is 2.03. The predicted molar refractivity (Wildman–Crippen MR) is 83.8 cm³/mol. The van der Waals surface area contributed by atoms with Crippen LogP contribution in [0.25, 0.3) is 0 Å². The van der Waals surface area contributed by atoms with Crippen molar-refractivity contribution in [3.8, 4) is 0 Å². The van der Waals surface area contributed by atoms with Gasteiger partial charge in [-0.15, -0.1) is 0 Å². The number of nitrogens with one attached hydrogen (secondary N) is 1. The van der Waals surface area contributed by atoms with Crippen LogP contribution in [0.4, 0.5) is 0 Å². The van der Waals surface area contributed by atoms with Gasteiger partial charge in [0.05, 0.1) is 6.61 Å². The summed E-state index contributed by atoms with van der Waals surface area (Å²) in [4.78, 5) is 0. The van der Waals surface area contributed by atoms with Crippen LogP contribution in [0.1, 0.15) is 33.6 Å². The van der Waals surface area contributed by atoms with Crippen molar-refractivity contribution >= 4 is 23.5 Å². The average molecular weight is 290 g/mol. The molecule has 0 amide bonds. The van der Waals surface area contributed by atoms with Gasteiger partial charge in [0, 0.05) is 40.1 Å². The van der Waals surface area contributed by atoms with E-state index in [1.807, 2.05) is 0 Å². The van der Waals surface area contributed by atoms with Crippen molar-refractivity contribution in [1.82, 2.24) is 5.32 Å². The number of hydrogen-bond acceptors (Lipinski definition) is 4. The molecule has 0 aromatic heterocycles. The van der Waals surface area contributed by atoms with Crippen molar-refractivity contribution in [1.29, 1.82) is 0 Å². The molecule has 4 heteroatoms. The molecular formula is C14H27NOS2. The third-order valence-electron chi connectivity index (χ3n) is 4.08. The van der Waals surface area contributed by atoms with Crippen LogP contribution < -0.4 is 5.32 Å². The Labute approximate surface area is 120 Å². The van der Waals surface area contributed by atoms with E-state index in [-0.39, 0.29) is 0 Å². The second-order valence-electron chi connectivity index (χ2n) is 5.52. The lowest BCUT2D eigenvalue weighted by molar-refractivity contribution is 0.176. The van der Waals surface area contributed by atoms with Crippen LogP contribution in [0.15, 0.2) is 0 Å². The fraction of sp³-hybridized carbons (Fsp3) is 1.00. The zero-order chi connectivity index (χ0) is 13.0. The number of thioether (sulfide) groups is 2. The first-order valence-electron chi connectivity index (χ1n) is 7.30. The largest absolute Gasteiger partial charge is 0.381 e. The summed E-state index contributed by atoms with van der Waals surface area (Å²) in [5.41, 5.74) is 0. The van der Waals surface area contributed by atoms with Crippen molar-refractivity contribution in [3.05, 3.63) is 0 Å². The lowest BCUT2D eigenvalue weighted by Crippen LogP contribution is -2.48. The maximum absolute atomic E-state index is 5.60. The second kappa shape index (κ2) is 7.41. The van der Waals surface area contributed by atoms with Crippen LogP contribution in [0.3, 0.4) is 0 Å². The summed E-state index contributed by atoms with van der Waals surface area (Å²) in [6.45, 7) is 10.1. The lowest BCUT2D eigenvalue weighted by Gasteiger charge is -2.38. The average Bonchev–Trinajstić information content (AvgIpc) is 2.88. The smallest absolute Gasteiger partial charge is 0.0510 e. The quantitative estimate of drug-likeness (QED) is 0.839. The Morgan fingerprint density at radius 2 is 2.17 bits per heavy atom. The molecule has 0 bridgehead atoms. The van der Waals surface area contributed by atoms with Crippen molar-refractivity contribution in [2.24, 2.45) is 5.92 Å². The van der Waals surface area contributed by atoms with Crippen molar-refractivity contribution < 1.29 is 4.74 Å². The van der Waals surface area contributed by atoms with Crippen molar-refractivity contribution in [3.63, 3.8) is 0 Å². The molecule has 1 N–H and O–H groups in total. The molecule has 5 unspecified atom stereocenters. The highest BCUT2D eigenvalue weighted by atomic mass is 32.2. The highest BCUT2D eigenvalue weighted by Gasteiger charge is 2.36. The van der Waals surface area contributed by atoms with Crippen LogP contribution in [-0.4, -0.2) is 47.3 Å². The lowest BCUT2D eigenvalue weighted by atomic mass is 9.96. The van der Waals surface area contributed by atoms with E-state index in [4.69, 9.17) is 4.74 Å². The number of ether oxygens (including phenoxy) is 1. The van der Waals surface area contributed by atoms with Gasteiger partial charge >= 0.3 is 0 Å². The molecule has 2 saturated heterocycles. The maximum Gasteiger partial charge on any atom is 0.0510 e. The first-order chi connectivity index (χ1) is 8.72. The third-order valence-corrected chi connectivity index (χ3v) is 7.59. The van der Waals surface area contributed by atoms with E-state index in [0.717, 1.165) is 41.4 Å². The molecule has 0 spiro atoms. The van der Waals surface area contributed by atoms with E-state index in [1.54, 1.807) is 0 Å². The Morgan fingerprint density at radius 1 is 1.33 bits per heavy atom. The monoisotopic (exact) mass is 289 g/mol. The van der Waals surface area contributed by atoms with Crippen LogP contribution in [0.5, 0.6) is 0 Å². The summed E-state index contributed by atoms with van der Waals surface area (Å²) in [5, 5.41) is 6.15. The van der Waals surface area contributed by atoms with E-state index in [9.17, 15) is 0 Å². The van der Waals surface area contributed by atoms with Crippen LogP contribution >= 0.6 is 23.5 Å². The van der Waals surface area contributed by atoms with Crippen molar-refractivity contribution in [2.45, 2.75) is 55.4 Å². The highest BCUT2D eigenvalue weighted by Crippen LogP contribution is 2.39. The molecule has 2 aliphatic heterocycles. The summed E-state index contributed by atoms with van der Waals surface area (Å²) in [7, 11) is 0. The van der Waals surface area contributed by atoms with E-state index in [0.29, 0.717) is 6.04 Å². The van der Waals surface area contributed by atoms with Gasteiger partial charge in [-0.2, -0.15) is 23.5 Å². The molecule has 2 aliphatic rings. The van der Waals surface area contributed by atoms with E-state index < -0.39 is 0 Å². The van der Waals surface area contributed by atoms with E-state index >= 15 is 0 Å². The molecule has 2 heterocycles. The van der Waals surface area contributed by atoms with Gasteiger partial charge in [0.1, 0.15) is 0 Å². The highest BCUT2D eigenvalue weighted by molar-refractivity contribution is 8.07. The first kappa shape index (κ1) is 15.0. The molecule has 0 saturated carbocycles. The molecule has 2 rings (SSSR count). The predicted octanol–water partition coefficient (Wildman–Crippen LogP) is 3.02. The van der Waals surface area contributed by atoms with Gasteiger partial charge < -0.3 is 10.1 Å². The Kier molecular flexibility index (Phi) is 6.19. The molecular weight excluding hydrogens is 262 g/mol. The Hall–Kier alpha value is 0.620. The number of rotatable bonds is 5. The molecule has 0 aromatic rings. The fourth-order valence-corrected chi connectivity index (χ4v) is 5.95. The Morgan fingerprint density at radius 3 is 2.78 bits per heavy atom. The maximum atomic E-state index is 5.60. The van der Waals surface area contributed by atoms with Gasteiger partial charge in [0.25, 0.3) is 0 Å². The summed E-state index contributed by atoms with van der Waals surface area (Å²) >= 11 is 4.35. The van der Waals surface area contributed by atoms with Gasteiger partial charge in [-0.05, 0) is 19.4 Å². The molecule has 0 aliphatic carbocycles. The number of hydrogen-bond donors (Lipinski definition) is 1. The minimum Gasteiger partial charge on any atom is -0.381 e. The second-order valence-corrected chi connectivity index (χ2v) is 8.55. The molecule has 5 atom stereocenters. The van der Waals surface area contributed by atoms with Gasteiger partial charge in [-0.3, -0.25) is 0 Å². The molecule has 18 heavy (non-hydrogen) atoms. The Bertz CT molecular complexity index is 246. The fourth-order valence-electron chi connectivity index (χ4n) is 2.74. The normalized spacial score (nSPS) is 38.8. The van der Waals surface area contributed by atoms with Gasteiger partial charge in [0.15, 0.2) is 0 Å². The molecule has 2 fully saturated rings. The van der Waals surface area contributed by atoms with Gasteiger partial charge in [0.2, 0.25) is 0 Å². The topological polar surface area (TPSA) is 21.3 Å². The van der Waals surface area contributed by atoms with E-state index in [2.05, 4.69) is 49.6 Å². The van der Waals surface area contributed by atoms with Crippen molar-refractivity contribution in [2.75, 3.05) is 25.5 Å². The van der Waals surface area contributed by atoms with Crippen LogP contribution in [0, 0.1) is 5.92 Å². The minimum atomic E-state index is 0.653. The van der Waals surface area contributed by atoms with Gasteiger partial charge in [-0.1, -0.05) is 20.8 Å². The summed E-state index contributed by atoms with van der Waals surface area (Å²) in [6, 6.07) is 0.653. The third kappa shape index (κ3) is 3.81. The van der Waals surface area contributed by atoms with Gasteiger partial charge in [-0.25, -0.2) is 0 Å². The molecule has 0 radical (unpaired) electrons. The minimum absolute atomic E-state index is 0.653. The molecule has 0 aromatic carbocycles. The van der Waals surface area contributed by atoms with E-state index in [1.165, 1.54) is 18.6 Å².